The van der Waals surface area contributed by atoms with Gasteiger partial charge in [0.25, 0.3) is 0 Å². The van der Waals surface area contributed by atoms with Gasteiger partial charge in [0, 0.05) is 31.1 Å². The van der Waals surface area contributed by atoms with Crippen molar-refractivity contribution < 1.29 is 9.53 Å². The van der Waals surface area contributed by atoms with E-state index in [1.807, 2.05) is 12.1 Å². The number of hydrogen-bond donors (Lipinski definition) is 2. The van der Waals surface area contributed by atoms with E-state index in [9.17, 15) is 4.79 Å². The maximum Gasteiger partial charge on any atom is 0.220 e. The molecule has 0 aromatic heterocycles. The molecule has 1 atom stereocenters. The Morgan fingerprint density at radius 3 is 2.48 bits per heavy atom. The fraction of sp³-hybridized carbons (Fsp3) is 0.667. The molecule has 1 amide bonds. The first-order valence-electron chi connectivity index (χ1n) is 10.2. The highest BCUT2D eigenvalue weighted by atomic mass is 35.5. The Bertz CT molecular complexity index is 596. The van der Waals surface area contributed by atoms with Gasteiger partial charge in [-0.2, -0.15) is 0 Å². The number of morpholine rings is 1. The largest absolute Gasteiger partial charge is 0.379 e. The van der Waals surface area contributed by atoms with Gasteiger partial charge in [-0.1, -0.05) is 43.0 Å². The summed E-state index contributed by atoms with van der Waals surface area (Å²) in [6, 6.07) is 8.07. The molecular weight excluding hydrogens is 362 g/mol. The van der Waals surface area contributed by atoms with Gasteiger partial charge in [0.2, 0.25) is 5.91 Å². The Labute approximate surface area is 167 Å². The third kappa shape index (κ3) is 5.67. The van der Waals surface area contributed by atoms with Crippen molar-refractivity contribution in [1.82, 2.24) is 10.2 Å². The summed E-state index contributed by atoms with van der Waals surface area (Å²) in [5, 5.41) is 3.92. The van der Waals surface area contributed by atoms with Crippen molar-refractivity contribution in [2.24, 2.45) is 11.1 Å². The molecule has 1 aliphatic heterocycles. The topological polar surface area (TPSA) is 67.6 Å². The highest BCUT2D eigenvalue weighted by Crippen LogP contribution is 2.38. The lowest BCUT2D eigenvalue weighted by Crippen LogP contribution is -2.45. The summed E-state index contributed by atoms with van der Waals surface area (Å²) in [7, 11) is 0. The summed E-state index contributed by atoms with van der Waals surface area (Å²) in [4.78, 5) is 15.1. The molecule has 27 heavy (non-hydrogen) atoms. The predicted octanol–water partition coefficient (Wildman–Crippen LogP) is 3.13. The van der Waals surface area contributed by atoms with Crippen LogP contribution < -0.4 is 11.1 Å². The van der Waals surface area contributed by atoms with E-state index < -0.39 is 0 Å². The highest BCUT2D eigenvalue weighted by molar-refractivity contribution is 6.30. The highest BCUT2D eigenvalue weighted by Gasteiger charge is 2.33. The smallest absolute Gasteiger partial charge is 0.220 e. The standard InChI is InChI=1S/C21H32ClN3O2/c22-18-6-4-17(5-7-18)19(25-10-12-27-13-11-25)15-24-20(26)14-21(16-23)8-2-1-3-9-21/h4-7,19H,1-3,8-16,23H2,(H,24,26). The number of ether oxygens (including phenoxy) is 1. The molecule has 0 spiro atoms. The van der Waals surface area contributed by atoms with Gasteiger partial charge in [-0.05, 0) is 42.5 Å². The molecule has 6 heteroatoms. The number of amides is 1. The number of nitrogens with zero attached hydrogens (tertiary/aromatic N) is 1. The van der Waals surface area contributed by atoms with Crippen LogP contribution in [0.4, 0.5) is 0 Å². The number of rotatable bonds is 7. The minimum absolute atomic E-state index is 0.00291. The fourth-order valence-corrected chi connectivity index (χ4v) is 4.53. The van der Waals surface area contributed by atoms with Crippen molar-refractivity contribution in [2.75, 3.05) is 39.4 Å². The Balaban J connectivity index is 1.63. The lowest BCUT2D eigenvalue weighted by molar-refractivity contribution is -0.124. The molecule has 2 fully saturated rings. The molecule has 0 radical (unpaired) electrons. The molecule has 3 rings (SSSR count). The van der Waals surface area contributed by atoms with Gasteiger partial charge in [0.05, 0.1) is 19.3 Å². The van der Waals surface area contributed by atoms with Crippen LogP contribution >= 0.6 is 11.6 Å². The summed E-state index contributed by atoms with van der Waals surface area (Å²) < 4.78 is 5.49. The van der Waals surface area contributed by atoms with E-state index in [0.29, 0.717) is 19.5 Å². The average molecular weight is 394 g/mol. The second-order valence-electron chi connectivity index (χ2n) is 7.96. The Kier molecular flexibility index (Phi) is 7.53. The van der Waals surface area contributed by atoms with Crippen molar-refractivity contribution in [3.8, 4) is 0 Å². The van der Waals surface area contributed by atoms with E-state index in [-0.39, 0.29) is 17.4 Å². The first-order chi connectivity index (χ1) is 13.1. The van der Waals surface area contributed by atoms with Gasteiger partial charge >= 0.3 is 0 Å². The maximum absolute atomic E-state index is 12.7. The fourth-order valence-electron chi connectivity index (χ4n) is 4.40. The number of nitrogens with two attached hydrogens (primary N) is 1. The van der Waals surface area contributed by atoms with E-state index in [2.05, 4.69) is 22.3 Å². The molecule has 1 saturated heterocycles. The first-order valence-corrected chi connectivity index (χ1v) is 10.5. The van der Waals surface area contributed by atoms with Crippen molar-refractivity contribution in [1.29, 1.82) is 0 Å². The van der Waals surface area contributed by atoms with Gasteiger partial charge in [-0.25, -0.2) is 0 Å². The molecule has 1 aliphatic carbocycles. The van der Waals surface area contributed by atoms with E-state index in [1.54, 1.807) is 0 Å². The van der Waals surface area contributed by atoms with Crippen LogP contribution in [-0.4, -0.2) is 50.2 Å². The van der Waals surface area contributed by atoms with E-state index in [4.69, 9.17) is 22.1 Å². The van der Waals surface area contributed by atoms with Crippen LogP contribution in [0.5, 0.6) is 0 Å². The van der Waals surface area contributed by atoms with Crippen LogP contribution in [0.15, 0.2) is 24.3 Å². The van der Waals surface area contributed by atoms with Gasteiger partial charge in [-0.3, -0.25) is 9.69 Å². The molecular formula is C21H32ClN3O2. The number of benzene rings is 1. The lowest BCUT2D eigenvalue weighted by atomic mass is 9.71. The number of nitrogens with one attached hydrogen (secondary N) is 1. The number of carbonyl (C=O) groups is 1. The third-order valence-corrected chi connectivity index (χ3v) is 6.37. The van der Waals surface area contributed by atoms with Gasteiger partial charge < -0.3 is 15.8 Å². The molecule has 1 aromatic carbocycles. The zero-order valence-corrected chi connectivity index (χ0v) is 16.8. The molecule has 1 aromatic rings. The van der Waals surface area contributed by atoms with E-state index in [1.165, 1.54) is 24.8 Å². The van der Waals surface area contributed by atoms with Crippen LogP contribution in [0.1, 0.15) is 50.1 Å². The Morgan fingerprint density at radius 2 is 1.85 bits per heavy atom. The maximum atomic E-state index is 12.7. The monoisotopic (exact) mass is 393 g/mol. The minimum Gasteiger partial charge on any atom is -0.379 e. The summed E-state index contributed by atoms with van der Waals surface area (Å²) in [5.74, 6) is 0.120. The minimum atomic E-state index is -0.00291. The average Bonchev–Trinajstić information content (AvgIpc) is 2.71. The molecule has 0 bridgehead atoms. The van der Waals surface area contributed by atoms with Crippen LogP contribution in [0, 0.1) is 5.41 Å². The zero-order chi connectivity index (χ0) is 19.1. The van der Waals surface area contributed by atoms with Crippen molar-refractivity contribution >= 4 is 17.5 Å². The molecule has 1 unspecified atom stereocenters. The quantitative estimate of drug-likeness (QED) is 0.746. The molecule has 1 heterocycles. The number of hydrogen-bond acceptors (Lipinski definition) is 4. The Hall–Kier alpha value is -1.14. The predicted molar refractivity (Wildman–Crippen MR) is 109 cm³/mol. The number of carbonyl (C=O) groups excluding carboxylic acids is 1. The SMILES string of the molecule is NCC1(CC(=O)NCC(c2ccc(Cl)cc2)N2CCOCC2)CCCCC1. The van der Waals surface area contributed by atoms with Crippen LogP contribution in [0.2, 0.25) is 5.02 Å². The van der Waals surface area contributed by atoms with Crippen LogP contribution in [0.3, 0.4) is 0 Å². The Morgan fingerprint density at radius 1 is 1.19 bits per heavy atom. The molecule has 1 saturated carbocycles. The van der Waals surface area contributed by atoms with Gasteiger partial charge in [-0.15, -0.1) is 0 Å². The second kappa shape index (κ2) is 9.87. The first kappa shape index (κ1) is 20.6. The summed E-state index contributed by atoms with van der Waals surface area (Å²) in [5.41, 5.74) is 7.22. The molecule has 150 valence electrons. The van der Waals surface area contributed by atoms with Gasteiger partial charge in [0.15, 0.2) is 0 Å². The second-order valence-corrected chi connectivity index (χ2v) is 8.40. The summed E-state index contributed by atoms with van der Waals surface area (Å²) in [6.07, 6.45) is 6.32. The van der Waals surface area contributed by atoms with Gasteiger partial charge in [0.1, 0.15) is 0 Å². The molecule has 5 nitrogen and oxygen atoms in total. The van der Waals surface area contributed by atoms with Crippen LogP contribution in [0.25, 0.3) is 0 Å². The lowest BCUT2D eigenvalue weighted by Gasteiger charge is -2.37. The number of halogens is 1. The zero-order valence-electron chi connectivity index (χ0n) is 16.1. The molecule has 3 N–H and O–H groups in total. The van der Waals surface area contributed by atoms with Crippen molar-refractivity contribution in [3.63, 3.8) is 0 Å². The van der Waals surface area contributed by atoms with E-state index >= 15 is 0 Å². The van der Waals surface area contributed by atoms with Crippen molar-refractivity contribution in [3.05, 3.63) is 34.9 Å². The summed E-state index contributed by atoms with van der Waals surface area (Å²) >= 11 is 6.05. The van der Waals surface area contributed by atoms with Crippen molar-refractivity contribution in [2.45, 2.75) is 44.6 Å². The summed E-state index contributed by atoms with van der Waals surface area (Å²) in [6.45, 7) is 4.40. The van der Waals surface area contributed by atoms with E-state index in [0.717, 1.165) is 44.2 Å². The van der Waals surface area contributed by atoms with Crippen LogP contribution in [-0.2, 0) is 9.53 Å². The third-order valence-electron chi connectivity index (χ3n) is 6.12. The molecule has 2 aliphatic rings. The normalized spacial score (nSPS) is 21.6.